The molecule has 0 aliphatic carbocycles. The van der Waals surface area contributed by atoms with Crippen LogP contribution in [-0.2, 0) is 23.0 Å². The molecule has 7 heteroatoms. The van der Waals surface area contributed by atoms with Crippen molar-refractivity contribution >= 4 is 23.0 Å². The van der Waals surface area contributed by atoms with Crippen molar-refractivity contribution in [3.8, 4) is 0 Å². The number of benzene rings is 1. The summed E-state index contributed by atoms with van der Waals surface area (Å²) < 4.78 is 7.00. The van der Waals surface area contributed by atoms with Crippen LogP contribution in [-0.4, -0.2) is 64.1 Å². The molecule has 25 heavy (non-hydrogen) atoms. The van der Waals surface area contributed by atoms with Crippen LogP contribution in [0.15, 0.2) is 24.5 Å². The van der Waals surface area contributed by atoms with Crippen LogP contribution in [0.3, 0.4) is 0 Å². The normalized spacial score (nSPS) is 15.3. The van der Waals surface area contributed by atoms with Gasteiger partial charge in [0, 0.05) is 33.2 Å². The van der Waals surface area contributed by atoms with Crippen molar-refractivity contribution in [2.45, 2.75) is 19.8 Å². The SMILES string of the molecule is CCOC(=O)N1CCCN(C(=O)Cc2ccc3c(c2)ncn3C)CC1. The summed E-state index contributed by atoms with van der Waals surface area (Å²) in [6, 6.07) is 5.94. The van der Waals surface area contributed by atoms with E-state index < -0.39 is 0 Å². The van der Waals surface area contributed by atoms with Gasteiger partial charge in [0.05, 0.1) is 30.4 Å². The summed E-state index contributed by atoms with van der Waals surface area (Å²) in [6.45, 7) is 4.52. The molecule has 0 N–H and O–H groups in total. The van der Waals surface area contributed by atoms with Crippen LogP contribution in [0, 0.1) is 0 Å². The second-order valence-electron chi connectivity index (χ2n) is 6.28. The third-order valence-corrected chi connectivity index (χ3v) is 4.52. The Morgan fingerprint density at radius 3 is 2.72 bits per heavy atom. The molecule has 7 nitrogen and oxygen atoms in total. The molecule has 0 bridgehead atoms. The quantitative estimate of drug-likeness (QED) is 0.852. The van der Waals surface area contributed by atoms with Crippen LogP contribution in [0.25, 0.3) is 11.0 Å². The lowest BCUT2D eigenvalue weighted by atomic mass is 10.1. The van der Waals surface area contributed by atoms with Gasteiger partial charge in [-0.25, -0.2) is 9.78 Å². The highest BCUT2D eigenvalue weighted by molar-refractivity contribution is 5.82. The summed E-state index contributed by atoms with van der Waals surface area (Å²) >= 11 is 0. The Balaban J connectivity index is 1.61. The number of nitrogens with zero attached hydrogens (tertiary/aromatic N) is 4. The highest BCUT2D eigenvalue weighted by Gasteiger charge is 2.22. The number of aryl methyl sites for hydroxylation is 1. The van der Waals surface area contributed by atoms with Crippen LogP contribution in [0.4, 0.5) is 4.79 Å². The minimum absolute atomic E-state index is 0.0842. The van der Waals surface area contributed by atoms with Gasteiger partial charge in [0.1, 0.15) is 0 Å². The van der Waals surface area contributed by atoms with Gasteiger partial charge in [0.25, 0.3) is 0 Å². The fraction of sp³-hybridized carbons (Fsp3) is 0.500. The molecule has 1 aromatic heterocycles. The number of carbonyl (C=O) groups is 2. The number of rotatable bonds is 3. The van der Waals surface area contributed by atoms with Gasteiger partial charge in [0.15, 0.2) is 0 Å². The number of hydrogen-bond donors (Lipinski definition) is 0. The van der Waals surface area contributed by atoms with Gasteiger partial charge in [-0.2, -0.15) is 0 Å². The Bertz CT molecular complexity index is 771. The number of amides is 2. The van der Waals surface area contributed by atoms with E-state index in [1.54, 1.807) is 18.2 Å². The van der Waals surface area contributed by atoms with Crippen LogP contribution in [0.1, 0.15) is 18.9 Å². The molecule has 1 aromatic carbocycles. The second-order valence-corrected chi connectivity index (χ2v) is 6.28. The third kappa shape index (κ3) is 3.92. The molecule has 2 heterocycles. The first-order chi connectivity index (χ1) is 12.1. The fourth-order valence-electron chi connectivity index (χ4n) is 3.14. The zero-order chi connectivity index (χ0) is 17.8. The molecule has 0 radical (unpaired) electrons. The van der Waals surface area contributed by atoms with E-state index in [1.807, 2.05) is 34.7 Å². The average molecular weight is 344 g/mol. The van der Waals surface area contributed by atoms with Gasteiger partial charge in [-0.15, -0.1) is 0 Å². The van der Waals surface area contributed by atoms with Crippen molar-refractivity contribution in [2.75, 3.05) is 32.8 Å². The topological polar surface area (TPSA) is 67.7 Å². The molecule has 134 valence electrons. The molecule has 0 saturated carbocycles. The first kappa shape index (κ1) is 17.3. The van der Waals surface area contributed by atoms with E-state index in [-0.39, 0.29) is 12.0 Å². The first-order valence-corrected chi connectivity index (χ1v) is 8.68. The van der Waals surface area contributed by atoms with Gasteiger partial charge < -0.3 is 19.1 Å². The highest BCUT2D eigenvalue weighted by atomic mass is 16.6. The summed E-state index contributed by atoms with van der Waals surface area (Å²) in [6.07, 6.45) is 2.60. The predicted molar refractivity (Wildman–Crippen MR) is 94.2 cm³/mol. The number of ether oxygens (including phenoxy) is 1. The molecule has 0 unspecified atom stereocenters. The maximum absolute atomic E-state index is 12.6. The molecule has 0 spiro atoms. The number of carbonyl (C=O) groups excluding carboxylic acids is 2. The van der Waals surface area contributed by atoms with Crippen molar-refractivity contribution in [1.29, 1.82) is 0 Å². The van der Waals surface area contributed by atoms with Crippen molar-refractivity contribution < 1.29 is 14.3 Å². The van der Waals surface area contributed by atoms with Crippen molar-refractivity contribution in [1.82, 2.24) is 19.4 Å². The standard InChI is InChI=1S/C18H24N4O3/c1-3-25-18(24)22-8-4-7-21(9-10-22)17(23)12-14-5-6-16-15(11-14)19-13-20(16)2/h5-6,11,13H,3-4,7-10,12H2,1-2H3. The molecule has 2 amide bonds. The minimum Gasteiger partial charge on any atom is -0.450 e. The average Bonchev–Trinajstić information content (AvgIpc) is 2.82. The zero-order valence-electron chi connectivity index (χ0n) is 14.8. The van der Waals surface area contributed by atoms with Crippen molar-refractivity contribution in [3.63, 3.8) is 0 Å². The molecule has 1 aliphatic heterocycles. The molecular weight excluding hydrogens is 320 g/mol. The van der Waals surface area contributed by atoms with Crippen molar-refractivity contribution in [2.24, 2.45) is 7.05 Å². The Morgan fingerprint density at radius 2 is 1.92 bits per heavy atom. The van der Waals surface area contributed by atoms with Gasteiger partial charge in [-0.3, -0.25) is 4.79 Å². The van der Waals surface area contributed by atoms with Gasteiger partial charge in [-0.05, 0) is 31.0 Å². The minimum atomic E-state index is -0.294. The highest BCUT2D eigenvalue weighted by Crippen LogP contribution is 2.15. The summed E-state index contributed by atoms with van der Waals surface area (Å²) in [5.74, 6) is 0.0842. The van der Waals surface area contributed by atoms with Crippen LogP contribution in [0.5, 0.6) is 0 Å². The summed E-state index contributed by atoms with van der Waals surface area (Å²) in [7, 11) is 1.95. The predicted octanol–water partition coefficient (Wildman–Crippen LogP) is 1.81. The molecular formula is C18H24N4O3. The lowest BCUT2D eigenvalue weighted by Crippen LogP contribution is -2.38. The smallest absolute Gasteiger partial charge is 0.409 e. The Labute approximate surface area is 147 Å². The third-order valence-electron chi connectivity index (χ3n) is 4.52. The van der Waals surface area contributed by atoms with Gasteiger partial charge >= 0.3 is 6.09 Å². The van der Waals surface area contributed by atoms with E-state index in [4.69, 9.17) is 4.74 Å². The molecule has 1 fully saturated rings. The Morgan fingerprint density at radius 1 is 1.16 bits per heavy atom. The molecule has 1 aliphatic rings. The molecule has 1 saturated heterocycles. The van der Waals surface area contributed by atoms with Crippen LogP contribution >= 0.6 is 0 Å². The summed E-state index contributed by atoms with van der Waals surface area (Å²) in [5.41, 5.74) is 2.91. The first-order valence-electron chi connectivity index (χ1n) is 8.68. The maximum Gasteiger partial charge on any atom is 0.409 e. The van der Waals surface area contributed by atoms with E-state index in [9.17, 15) is 9.59 Å². The maximum atomic E-state index is 12.6. The van der Waals surface area contributed by atoms with Crippen LogP contribution < -0.4 is 0 Å². The van der Waals surface area contributed by atoms with E-state index in [1.165, 1.54) is 0 Å². The molecule has 2 aromatic rings. The van der Waals surface area contributed by atoms with E-state index >= 15 is 0 Å². The van der Waals surface area contributed by atoms with Crippen LogP contribution in [0.2, 0.25) is 0 Å². The molecule has 0 atom stereocenters. The number of imidazole rings is 1. The van der Waals surface area contributed by atoms with Crippen molar-refractivity contribution in [3.05, 3.63) is 30.1 Å². The summed E-state index contributed by atoms with van der Waals surface area (Å²) in [5, 5.41) is 0. The lowest BCUT2D eigenvalue weighted by Gasteiger charge is -2.21. The largest absolute Gasteiger partial charge is 0.450 e. The second kappa shape index (κ2) is 7.55. The number of aromatic nitrogens is 2. The number of hydrogen-bond acceptors (Lipinski definition) is 4. The van der Waals surface area contributed by atoms with E-state index in [0.717, 1.165) is 23.0 Å². The van der Waals surface area contributed by atoms with Gasteiger partial charge in [0.2, 0.25) is 5.91 Å². The monoisotopic (exact) mass is 344 g/mol. The number of fused-ring (bicyclic) bond motifs is 1. The fourth-order valence-corrected chi connectivity index (χ4v) is 3.14. The summed E-state index contributed by atoms with van der Waals surface area (Å²) in [4.78, 5) is 32.3. The van der Waals surface area contributed by atoms with E-state index in [0.29, 0.717) is 39.2 Å². The van der Waals surface area contributed by atoms with E-state index in [2.05, 4.69) is 4.98 Å². The van der Waals surface area contributed by atoms with Gasteiger partial charge in [-0.1, -0.05) is 6.07 Å². The lowest BCUT2D eigenvalue weighted by molar-refractivity contribution is -0.130. The molecule has 3 rings (SSSR count). The Kier molecular flexibility index (Phi) is 5.21. The zero-order valence-corrected chi connectivity index (χ0v) is 14.8. The Hall–Kier alpha value is -2.57.